The number of piperazine rings is 1. The van der Waals surface area contributed by atoms with Crippen molar-refractivity contribution in [1.82, 2.24) is 19.9 Å². The summed E-state index contributed by atoms with van der Waals surface area (Å²) in [5, 5.41) is 1.19. The molecule has 168 valence electrons. The molecule has 3 aromatic heterocycles. The van der Waals surface area contributed by atoms with Crippen LogP contribution in [0.15, 0.2) is 42.7 Å². The predicted octanol–water partition coefficient (Wildman–Crippen LogP) is 4.42. The first kappa shape index (κ1) is 20.4. The van der Waals surface area contributed by atoms with E-state index in [1.54, 1.807) is 17.5 Å². The summed E-state index contributed by atoms with van der Waals surface area (Å²) in [6, 6.07) is 10.2. The minimum Gasteiger partial charge on any atom is -0.454 e. The summed E-state index contributed by atoms with van der Waals surface area (Å²) in [7, 11) is 0. The Morgan fingerprint density at radius 2 is 1.85 bits per heavy atom. The smallest absolute Gasteiger partial charge is 0.231 e. The largest absolute Gasteiger partial charge is 0.454 e. The number of aromatic nitrogens is 3. The van der Waals surface area contributed by atoms with E-state index in [9.17, 15) is 0 Å². The number of hydrogen-bond donors (Lipinski definition) is 0. The van der Waals surface area contributed by atoms with E-state index in [0.717, 1.165) is 66.3 Å². The second-order valence-corrected chi connectivity index (χ2v) is 9.73. The molecule has 0 amide bonds. The topological polar surface area (TPSA) is 63.6 Å². The average Bonchev–Trinajstić information content (AvgIpc) is 3.43. The molecule has 2 aliphatic heterocycles. The summed E-state index contributed by atoms with van der Waals surface area (Å²) in [5.74, 6) is 3.47. The molecule has 6 rings (SSSR count). The summed E-state index contributed by atoms with van der Waals surface area (Å²) < 4.78 is 11.0. The maximum atomic E-state index is 5.54. The number of hydrogen-bond acceptors (Lipinski definition) is 8. The molecule has 4 aromatic rings. The minimum absolute atomic E-state index is 0.313. The zero-order valence-corrected chi connectivity index (χ0v) is 19.6. The van der Waals surface area contributed by atoms with Gasteiger partial charge in [0, 0.05) is 55.6 Å². The molecule has 5 heterocycles. The molecule has 1 aromatic carbocycles. The van der Waals surface area contributed by atoms with Crippen molar-refractivity contribution >= 4 is 27.4 Å². The zero-order valence-electron chi connectivity index (χ0n) is 18.7. The molecule has 0 atom stereocenters. The molecule has 0 unspecified atom stereocenters. The van der Waals surface area contributed by atoms with Gasteiger partial charge in [-0.25, -0.2) is 9.97 Å². The number of anilines is 1. The second-order valence-electron chi connectivity index (χ2n) is 8.53. The highest BCUT2D eigenvalue weighted by molar-refractivity contribution is 7.18. The lowest BCUT2D eigenvalue weighted by Gasteiger charge is -2.36. The Morgan fingerprint density at radius 3 is 2.67 bits per heavy atom. The first-order valence-corrected chi connectivity index (χ1v) is 12.0. The third-order valence-electron chi connectivity index (χ3n) is 6.44. The van der Waals surface area contributed by atoms with E-state index in [0.29, 0.717) is 6.79 Å². The van der Waals surface area contributed by atoms with Crippen molar-refractivity contribution in [3.05, 3.63) is 58.7 Å². The number of nitrogens with zero attached hydrogens (tertiary/aromatic N) is 5. The van der Waals surface area contributed by atoms with Crippen LogP contribution in [0.3, 0.4) is 0 Å². The molecular weight excluding hydrogens is 434 g/mol. The fourth-order valence-electron chi connectivity index (χ4n) is 4.50. The first-order chi connectivity index (χ1) is 16.2. The number of benzene rings is 1. The van der Waals surface area contributed by atoms with E-state index in [1.807, 2.05) is 24.4 Å². The molecule has 2 aliphatic rings. The minimum atomic E-state index is 0.313. The van der Waals surface area contributed by atoms with Gasteiger partial charge >= 0.3 is 0 Å². The molecular formula is C25H25N5O2S. The van der Waals surface area contributed by atoms with Gasteiger partial charge in [-0.2, -0.15) is 0 Å². The normalized spacial score (nSPS) is 16.0. The number of rotatable bonds is 4. The van der Waals surface area contributed by atoms with Crippen LogP contribution in [-0.4, -0.2) is 52.8 Å². The van der Waals surface area contributed by atoms with Gasteiger partial charge in [-0.3, -0.25) is 9.88 Å². The van der Waals surface area contributed by atoms with Crippen LogP contribution in [0, 0.1) is 13.8 Å². The van der Waals surface area contributed by atoms with Gasteiger partial charge in [-0.1, -0.05) is 6.07 Å². The van der Waals surface area contributed by atoms with E-state index in [-0.39, 0.29) is 0 Å². The molecule has 0 saturated carbocycles. The van der Waals surface area contributed by atoms with E-state index in [4.69, 9.17) is 19.4 Å². The van der Waals surface area contributed by atoms with Gasteiger partial charge in [0.1, 0.15) is 10.6 Å². The van der Waals surface area contributed by atoms with Crippen molar-refractivity contribution in [3.63, 3.8) is 0 Å². The molecule has 7 nitrogen and oxygen atoms in total. The lowest BCUT2D eigenvalue weighted by atomic mass is 10.1. The van der Waals surface area contributed by atoms with Crippen LogP contribution in [0.1, 0.15) is 16.0 Å². The monoisotopic (exact) mass is 459 g/mol. The molecule has 8 heteroatoms. The van der Waals surface area contributed by atoms with Crippen LogP contribution >= 0.6 is 11.3 Å². The highest BCUT2D eigenvalue weighted by atomic mass is 32.1. The third-order valence-corrected chi connectivity index (χ3v) is 7.55. The van der Waals surface area contributed by atoms with E-state index in [2.05, 4.69) is 40.8 Å². The lowest BCUT2D eigenvalue weighted by molar-refractivity contribution is 0.174. The Morgan fingerprint density at radius 1 is 1.00 bits per heavy atom. The van der Waals surface area contributed by atoms with Crippen LogP contribution in [0.25, 0.3) is 21.6 Å². The van der Waals surface area contributed by atoms with Crippen LogP contribution in [-0.2, 0) is 6.54 Å². The molecule has 1 saturated heterocycles. The highest BCUT2D eigenvalue weighted by Gasteiger charge is 2.24. The maximum absolute atomic E-state index is 5.54. The second kappa shape index (κ2) is 8.28. The van der Waals surface area contributed by atoms with E-state index >= 15 is 0 Å². The number of ether oxygens (including phenoxy) is 2. The summed E-state index contributed by atoms with van der Waals surface area (Å²) in [6.45, 7) is 9.37. The van der Waals surface area contributed by atoms with Crippen LogP contribution in [0.2, 0.25) is 0 Å². The number of pyridine rings is 1. The van der Waals surface area contributed by atoms with Crippen molar-refractivity contribution in [1.29, 1.82) is 0 Å². The van der Waals surface area contributed by atoms with Gasteiger partial charge < -0.3 is 14.4 Å². The summed E-state index contributed by atoms with van der Waals surface area (Å²) >= 11 is 1.75. The molecule has 0 spiro atoms. The van der Waals surface area contributed by atoms with Gasteiger partial charge in [0.05, 0.1) is 5.39 Å². The van der Waals surface area contributed by atoms with Gasteiger partial charge in [0.2, 0.25) is 6.79 Å². The maximum Gasteiger partial charge on any atom is 0.231 e. The molecule has 0 bridgehead atoms. The molecule has 0 N–H and O–H groups in total. The number of aryl methyl sites for hydroxylation is 2. The Balaban J connectivity index is 1.25. The number of fused-ring (bicyclic) bond motifs is 2. The van der Waals surface area contributed by atoms with E-state index < -0.39 is 0 Å². The highest BCUT2D eigenvalue weighted by Crippen LogP contribution is 2.37. The van der Waals surface area contributed by atoms with Gasteiger partial charge in [0.15, 0.2) is 17.3 Å². The Hall–Kier alpha value is -3.23. The van der Waals surface area contributed by atoms with Crippen molar-refractivity contribution < 1.29 is 9.47 Å². The van der Waals surface area contributed by atoms with Crippen molar-refractivity contribution in [2.75, 3.05) is 37.9 Å². The first-order valence-electron chi connectivity index (χ1n) is 11.2. The van der Waals surface area contributed by atoms with Gasteiger partial charge in [0.25, 0.3) is 0 Å². The van der Waals surface area contributed by atoms with Gasteiger partial charge in [-0.15, -0.1) is 11.3 Å². The molecule has 33 heavy (non-hydrogen) atoms. The third kappa shape index (κ3) is 3.79. The van der Waals surface area contributed by atoms with E-state index in [1.165, 1.54) is 21.4 Å². The fourth-order valence-corrected chi connectivity index (χ4v) is 5.52. The Kier molecular flexibility index (Phi) is 5.11. The summed E-state index contributed by atoms with van der Waals surface area (Å²) in [4.78, 5) is 21.5. The molecule has 0 radical (unpaired) electrons. The van der Waals surface area contributed by atoms with Crippen molar-refractivity contribution in [2.24, 2.45) is 0 Å². The Bertz CT molecular complexity index is 1320. The Labute approximate surface area is 196 Å². The quantitative estimate of drug-likeness (QED) is 0.448. The molecule has 0 aliphatic carbocycles. The van der Waals surface area contributed by atoms with Crippen LogP contribution < -0.4 is 14.4 Å². The summed E-state index contributed by atoms with van der Waals surface area (Å²) in [6.07, 6.45) is 3.61. The van der Waals surface area contributed by atoms with Crippen LogP contribution in [0.4, 0.5) is 5.82 Å². The van der Waals surface area contributed by atoms with Crippen LogP contribution in [0.5, 0.6) is 11.5 Å². The predicted molar refractivity (Wildman–Crippen MR) is 130 cm³/mol. The zero-order chi connectivity index (χ0) is 22.4. The standard InChI is InChI=1S/C25H25N5O2S/c1-16-17(2)33-25-22(16)24(27-23(28-25)19-4-3-7-26-13-19)30-10-8-29(9-11-30)14-18-5-6-20-21(12-18)32-15-31-20/h3-7,12-13H,8-11,14-15H2,1-2H3. The SMILES string of the molecule is Cc1sc2nc(-c3cccnc3)nc(N3CCN(Cc4ccc5c(c4)OCO5)CC3)c2c1C. The van der Waals surface area contributed by atoms with Gasteiger partial charge in [-0.05, 0) is 49.2 Å². The summed E-state index contributed by atoms with van der Waals surface area (Å²) in [5.41, 5.74) is 3.48. The number of thiophene rings is 1. The fraction of sp³-hybridized carbons (Fsp3) is 0.320. The lowest BCUT2D eigenvalue weighted by Crippen LogP contribution is -2.46. The average molecular weight is 460 g/mol. The molecule has 1 fully saturated rings. The van der Waals surface area contributed by atoms with Crippen molar-refractivity contribution in [2.45, 2.75) is 20.4 Å². The van der Waals surface area contributed by atoms with Crippen molar-refractivity contribution in [3.8, 4) is 22.9 Å².